The Morgan fingerprint density at radius 1 is 1.25 bits per heavy atom. The van der Waals surface area contributed by atoms with Crippen molar-refractivity contribution in [3.05, 3.63) is 11.6 Å². The summed E-state index contributed by atoms with van der Waals surface area (Å²) in [5, 5.41) is 9.07. The summed E-state index contributed by atoms with van der Waals surface area (Å²) < 4.78 is 0. The molecule has 1 aliphatic rings. The second-order valence-corrected chi connectivity index (χ2v) is 5.24. The first-order chi connectivity index (χ1) is 7.45. The molecule has 1 saturated heterocycles. The number of hydrogen-bond acceptors (Lipinski definition) is 3. The van der Waals surface area contributed by atoms with Gasteiger partial charge in [0.15, 0.2) is 0 Å². The lowest BCUT2D eigenvalue weighted by Gasteiger charge is -2.40. The van der Waals surface area contributed by atoms with E-state index < -0.39 is 0 Å². The van der Waals surface area contributed by atoms with Gasteiger partial charge in [-0.25, -0.2) is 0 Å². The highest BCUT2D eigenvalue weighted by atomic mass is 15.3. The average molecular weight is 221 g/mol. The molecule has 0 spiro atoms. The van der Waals surface area contributed by atoms with Crippen LogP contribution in [0.25, 0.3) is 0 Å². The highest BCUT2D eigenvalue weighted by Crippen LogP contribution is 2.15. The van der Waals surface area contributed by atoms with E-state index in [1.807, 2.05) is 13.8 Å². The fraction of sp³-hybridized carbons (Fsp3) is 0.769. The van der Waals surface area contributed by atoms with Gasteiger partial charge in [-0.3, -0.25) is 9.80 Å². The molecule has 0 atom stereocenters. The topological polar surface area (TPSA) is 30.3 Å². The highest BCUT2D eigenvalue weighted by molar-refractivity contribution is 5.03. The zero-order valence-corrected chi connectivity index (χ0v) is 11.0. The van der Waals surface area contributed by atoms with Crippen molar-refractivity contribution in [2.24, 2.45) is 0 Å². The molecular formula is C13H23N3. The third-order valence-corrected chi connectivity index (χ3v) is 3.19. The highest BCUT2D eigenvalue weighted by Gasteiger charge is 2.29. The lowest BCUT2D eigenvalue weighted by molar-refractivity contribution is 0.0862. The van der Waals surface area contributed by atoms with Crippen molar-refractivity contribution in [1.29, 1.82) is 5.26 Å². The Morgan fingerprint density at radius 3 is 2.25 bits per heavy atom. The molecule has 1 aliphatic heterocycles. The van der Waals surface area contributed by atoms with Crippen molar-refractivity contribution in [3.8, 4) is 6.07 Å². The summed E-state index contributed by atoms with van der Waals surface area (Å²) >= 11 is 0. The van der Waals surface area contributed by atoms with Gasteiger partial charge >= 0.3 is 0 Å². The van der Waals surface area contributed by atoms with E-state index in [2.05, 4.69) is 35.8 Å². The van der Waals surface area contributed by atoms with Gasteiger partial charge in [-0.2, -0.15) is 5.26 Å². The van der Waals surface area contributed by atoms with Gasteiger partial charge in [0, 0.05) is 32.7 Å². The molecule has 90 valence electrons. The van der Waals surface area contributed by atoms with Crippen molar-refractivity contribution in [2.75, 3.05) is 32.7 Å². The molecule has 1 fully saturated rings. The molecule has 0 aliphatic carbocycles. The Balaban J connectivity index is 2.41. The van der Waals surface area contributed by atoms with Gasteiger partial charge in [-0.05, 0) is 27.7 Å². The van der Waals surface area contributed by atoms with Crippen LogP contribution in [0.1, 0.15) is 27.7 Å². The summed E-state index contributed by atoms with van der Waals surface area (Å²) in [7, 11) is 0. The normalized spacial score (nSPS) is 19.2. The molecule has 0 N–H and O–H groups in total. The summed E-state index contributed by atoms with van der Waals surface area (Å²) in [5.74, 6) is 0. The van der Waals surface area contributed by atoms with Crippen LogP contribution in [0.5, 0.6) is 0 Å². The predicted molar refractivity (Wildman–Crippen MR) is 67.1 cm³/mol. The van der Waals surface area contributed by atoms with Crippen LogP contribution in [0, 0.1) is 11.3 Å². The standard InChI is InChI=1S/C13H23N3/c1-12(2)5-6-15-7-9-16(10-8-15)13(3,4)11-14/h5H,6-10H2,1-4H3. The second-order valence-electron chi connectivity index (χ2n) is 5.24. The third-order valence-electron chi connectivity index (χ3n) is 3.19. The summed E-state index contributed by atoms with van der Waals surface area (Å²) in [6.45, 7) is 13.4. The maximum Gasteiger partial charge on any atom is 0.103 e. The molecule has 0 radical (unpaired) electrons. The molecule has 1 heterocycles. The van der Waals surface area contributed by atoms with E-state index in [4.69, 9.17) is 5.26 Å². The van der Waals surface area contributed by atoms with Gasteiger partial charge in [0.05, 0.1) is 6.07 Å². The molecule has 0 bridgehead atoms. The first kappa shape index (κ1) is 13.2. The van der Waals surface area contributed by atoms with E-state index in [1.54, 1.807) is 0 Å². The van der Waals surface area contributed by atoms with E-state index >= 15 is 0 Å². The molecule has 16 heavy (non-hydrogen) atoms. The Kier molecular flexibility index (Phi) is 4.52. The van der Waals surface area contributed by atoms with Crippen molar-refractivity contribution < 1.29 is 0 Å². The number of nitriles is 1. The second kappa shape index (κ2) is 5.47. The minimum absolute atomic E-state index is 0.317. The summed E-state index contributed by atoms with van der Waals surface area (Å²) in [4.78, 5) is 4.71. The van der Waals surface area contributed by atoms with E-state index in [0.29, 0.717) is 0 Å². The Hall–Kier alpha value is -0.850. The zero-order valence-electron chi connectivity index (χ0n) is 11.0. The smallest absolute Gasteiger partial charge is 0.103 e. The molecular weight excluding hydrogens is 198 g/mol. The molecule has 0 aromatic rings. The van der Waals surface area contributed by atoms with Gasteiger partial charge in [0.25, 0.3) is 0 Å². The van der Waals surface area contributed by atoms with E-state index in [-0.39, 0.29) is 5.54 Å². The molecule has 0 amide bonds. The summed E-state index contributed by atoms with van der Waals surface area (Å²) in [6.07, 6.45) is 2.27. The fourth-order valence-electron chi connectivity index (χ4n) is 1.87. The molecule has 0 aromatic carbocycles. The van der Waals surface area contributed by atoms with Gasteiger partial charge in [-0.1, -0.05) is 11.6 Å². The van der Waals surface area contributed by atoms with Crippen LogP contribution in [0.4, 0.5) is 0 Å². The van der Waals surface area contributed by atoms with Crippen molar-refractivity contribution in [3.63, 3.8) is 0 Å². The van der Waals surface area contributed by atoms with Crippen LogP contribution in [-0.4, -0.2) is 48.1 Å². The van der Waals surface area contributed by atoms with Crippen molar-refractivity contribution in [2.45, 2.75) is 33.2 Å². The maximum atomic E-state index is 9.07. The zero-order chi connectivity index (χ0) is 12.2. The number of allylic oxidation sites excluding steroid dienone is 1. The lowest BCUT2D eigenvalue weighted by Crippen LogP contribution is -2.54. The first-order valence-corrected chi connectivity index (χ1v) is 5.98. The molecule has 3 nitrogen and oxygen atoms in total. The van der Waals surface area contributed by atoms with Crippen molar-refractivity contribution in [1.82, 2.24) is 9.80 Å². The van der Waals surface area contributed by atoms with Gasteiger partial charge < -0.3 is 0 Å². The Bertz CT molecular complexity index is 287. The largest absolute Gasteiger partial charge is 0.297 e. The quantitative estimate of drug-likeness (QED) is 0.682. The maximum absolute atomic E-state index is 9.07. The number of nitrogens with zero attached hydrogens (tertiary/aromatic N) is 3. The number of rotatable bonds is 3. The Labute approximate surface area is 99.3 Å². The Morgan fingerprint density at radius 2 is 1.81 bits per heavy atom. The van der Waals surface area contributed by atoms with Gasteiger partial charge in [-0.15, -0.1) is 0 Å². The molecule has 0 aromatic heterocycles. The third kappa shape index (κ3) is 3.62. The predicted octanol–water partition coefficient (Wildman–Crippen LogP) is 1.87. The van der Waals surface area contributed by atoms with Crippen LogP contribution in [-0.2, 0) is 0 Å². The lowest BCUT2D eigenvalue weighted by atomic mass is 10.0. The monoisotopic (exact) mass is 221 g/mol. The van der Waals surface area contributed by atoms with Crippen molar-refractivity contribution >= 4 is 0 Å². The SMILES string of the molecule is CC(C)=CCN1CCN(C(C)(C)C#N)CC1. The molecule has 0 saturated carbocycles. The summed E-state index contributed by atoms with van der Waals surface area (Å²) in [6, 6.07) is 2.37. The van der Waals surface area contributed by atoms with Crippen LogP contribution < -0.4 is 0 Å². The van der Waals surface area contributed by atoms with Crippen LogP contribution >= 0.6 is 0 Å². The molecule has 1 rings (SSSR count). The average Bonchev–Trinajstić information content (AvgIpc) is 2.27. The summed E-state index contributed by atoms with van der Waals surface area (Å²) in [5.41, 5.74) is 1.06. The van der Waals surface area contributed by atoms with Crippen LogP contribution in [0.2, 0.25) is 0 Å². The van der Waals surface area contributed by atoms with Crippen LogP contribution in [0.3, 0.4) is 0 Å². The first-order valence-electron chi connectivity index (χ1n) is 5.98. The molecule has 0 unspecified atom stereocenters. The van der Waals surface area contributed by atoms with E-state index in [9.17, 15) is 0 Å². The minimum Gasteiger partial charge on any atom is -0.297 e. The number of hydrogen-bond donors (Lipinski definition) is 0. The van der Waals surface area contributed by atoms with E-state index in [1.165, 1.54) is 5.57 Å². The van der Waals surface area contributed by atoms with E-state index in [0.717, 1.165) is 32.7 Å². The van der Waals surface area contributed by atoms with Gasteiger partial charge in [0.2, 0.25) is 0 Å². The molecule has 3 heteroatoms. The minimum atomic E-state index is -0.317. The fourth-order valence-corrected chi connectivity index (χ4v) is 1.87. The number of piperazine rings is 1. The van der Waals surface area contributed by atoms with Crippen LogP contribution in [0.15, 0.2) is 11.6 Å². The van der Waals surface area contributed by atoms with Gasteiger partial charge in [0.1, 0.15) is 5.54 Å².